The van der Waals surface area contributed by atoms with E-state index in [1.165, 1.54) is 13.3 Å². The molecule has 1 aliphatic rings. The Labute approximate surface area is 220 Å². The Hall–Kier alpha value is -4.45. The standard InChI is InChI=1S/C26H32N4O8/c1-6-37-21-12-16(24-23(25(32)36-5)15(2)28-26(33)29-24)7-9-20(21)38-14-22(31)30-27-13-17-11-18(34-3)8-10-19(17)35-4/h7-13,22,24,30-31H,6,14H2,1-5H3,(H2,28,29,33)/b27-13+/t22-,24-/m1/s1. The van der Waals surface area contributed by atoms with E-state index in [0.717, 1.165) is 0 Å². The molecule has 12 nitrogen and oxygen atoms in total. The molecule has 0 aliphatic carbocycles. The maximum absolute atomic E-state index is 12.4. The zero-order valence-electron chi connectivity index (χ0n) is 21.9. The molecule has 2 aromatic carbocycles. The van der Waals surface area contributed by atoms with E-state index in [9.17, 15) is 14.7 Å². The third-order valence-corrected chi connectivity index (χ3v) is 5.54. The van der Waals surface area contributed by atoms with Crippen LogP contribution in [-0.4, -0.2) is 64.1 Å². The fourth-order valence-electron chi connectivity index (χ4n) is 3.76. The van der Waals surface area contributed by atoms with Gasteiger partial charge in [-0.1, -0.05) is 6.07 Å². The van der Waals surface area contributed by atoms with Gasteiger partial charge in [-0.25, -0.2) is 9.59 Å². The monoisotopic (exact) mass is 528 g/mol. The number of hydrogen-bond donors (Lipinski definition) is 4. The number of esters is 1. The number of rotatable bonds is 12. The van der Waals surface area contributed by atoms with Gasteiger partial charge in [0.2, 0.25) is 0 Å². The van der Waals surface area contributed by atoms with Crippen molar-refractivity contribution in [1.82, 2.24) is 16.1 Å². The normalized spacial score (nSPS) is 15.8. The van der Waals surface area contributed by atoms with Crippen molar-refractivity contribution in [2.75, 3.05) is 34.5 Å². The van der Waals surface area contributed by atoms with Crippen LogP contribution in [0.1, 0.15) is 31.0 Å². The van der Waals surface area contributed by atoms with E-state index in [0.29, 0.717) is 46.4 Å². The molecule has 12 heteroatoms. The van der Waals surface area contributed by atoms with Gasteiger partial charge in [0.25, 0.3) is 0 Å². The first kappa shape index (κ1) is 28.1. The highest BCUT2D eigenvalue weighted by molar-refractivity contribution is 5.95. The highest BCUT2D eigenvalue weighted by Crippen LogP contribution is 2.35. The zero-order valence-corrected chi connectivity index (χ0v) is 21.9. The van der Waals surface area contributed by atoms with Crippen LogP contribution in [0.2, 0.25) is 0 Å². The highest BCUT2D eigenvalue weighted by atomic mass is 16.5. The fraction of sp³-hybridized carbons (Fsp3) is 0.346. The number of hydrogen-bond acceptors (Lipinski definition) is 10. The number of hydrazone groups is 1. The molecule has 1 heterocycles. The lowest BCUT2D eigenvalue weighted by Gasteiger charge is -2.28. The minimum Gasteiger partial charge on any atom is -0.497 e. The van der Waals surface area contributed by atoms with E-state index < -0.39 is 24.3 Å². The summed E-state index contributed by atoms with van der Waals surface area (Å²) >= 11 is 0. The summed E-state index contributed by atoms with van der Waals surface area (Å²) in [6.45, 7) is 3.62. The van der Waals surface area contributed by atoms with Crippen molar-refractivity contribution in [3.05, 3.63) is 58.8 Å². The Morgan fingerprint density at radius 3 is 2.55 bits per heavy atom. The van der Waals surface area contributed by atoms with E-state index in [2.05, 4.69) is 21.2 Å². The molecule has 1 aliphatic heterocycles. The molecule has 0 spiro atoms. The zero-order chi connectivity index (χ0) is 27.7. The van der Waals surface area contributed by atoms with Gasteiger partial charge in [-0.05, 0) is 49.7 Å². The molecular weight excluding hydrogens is 496 g/mol. The summed E-state index contributed by atoms with van der Waals surface area (Å²) in [6.07, 6.45) is 0.351. The molecule has 2 atom stereocenters. The van der Waals surface area contributed by atoms with Gasteiger partial charge in [-0.2, -0.15) is 5.10 Å². The second kappa shape index (κ2) is 13.2. The molecular formula is C26H32N4O8. The summed E-state index contributed by atoms with van der Waals surface area (Å²) < 4.78 is 26.9. The van der Waals surface area contributed by atoms with Gasteiger partial charge in [-0.3, -0.25) is 5.43 Å². The van der Waals surface area contributed by atoms with Crippen molar-refractivity contribution in [1.29, 1.82) is 0 Å². The number of aliphatic hydroxyl groups excluding tert-OH is 1. The number of nitrogens with zero attached hydrogens (tertiary/aromatic N) is 1. The fourth-order valence-corrected chi connectivity index (χ4v) is 3.76. The van der Waals surface area contributed by atoms with Crippen LogP contribution in [0.15, 0.2) is 52.8 Å². The molecule has 0 fully saturated rings. The summed E-state index contributed by atoms with van der Waals surface area (Å²) in [5.41, 5.74) is 4.50. The molecule has 2 amide bonds. The highest BCUT2D eigenvalue weighted by Gasteiger charge is 2.32. The van der Waals surface area contributed by atoms with Crippen LogP contribution < -0.4 is 35.0 Å². The number of methoxy groups -OCH3 is 3. The molecule has 0 bridgehead atoms. The average Bonchev–Trinajstić information content (AvgIpc) is 2.91. The summed E-state index contributed by atoms with van der Waals surface area (Å²) in [7, 11) is 4.38. The number of ether oxygens (including phenoxy) is 5. The van der Waals surface area contributed by atoms with Crippen molar-refractivity contribution in [2.45, 2.75) is 26.1 Å². The van der Waals surface area contributed by atoms with Crippen molar-refractivity contribution in [3.8, 4) is 23.0 Å². The van der Waals surface area contributed by atoms with Crippen LogP contribution in [0.5, 0.6) is 23.0 Å². The van der Waals surface area contributed by atoms with E-state index in [1.807, 2.05) is 6.92 Å². The Morgan fingerprint density at radius 2 is 1.87 bits per heavy atom. The van der Waals surface area contributed by atoms with E-state index in [-0.39, 0.29) is 12.2 Å². The number of nitrogens with one attached hydrogen (secondary N) is 3. The number of aliphatic hydroxyl groups is 1. The molecule has 0 unspecified atom stereocenters. The summed E-state index contributed by atoms with van der Waals surface area (Å²) in [4.78, 5) is 24.5. The van der Waals surface area contributed by atoms with Gasteiger partial charge in [-0.15, -0.1) is 0 Å². The second-order valence-electron chi connectivity index (χ2n) is 8.02. The molecule has 3 rings (SSSR count). The second-order valence-corrected chi connectivity index (χ2v) is 8.02. The molecule has 204 valence electrons. The number of carbonyl (C=O) groups excluding carboxylic acids is 2. The lowest BCUT2D eigenvalue weighted by Crippen LogP contribution is -2.45. The van der Waals surface area contributed by atoms with Crippen molar-refractivity contribution in [2.24, 2.45) is 5.10 Å². The third-order valence-electron chi connectivity index (χ3n) is 5.54. The predicted octanol–water partition coefficient (Wildman–Crippen LogP) is 2.22. The summed E-state index contributed by atoms with van der Waals surface area (Å²) in [6, 6.07) is 9.06. The number of amides is 2. The van der Waals surface area contributed by atoms with Crippen LogP contribution in [0.25, 0.3) is 0 Å². The summed E-state index contributed by atoms with van der Waals surface area (Å²) in [5.74, 6) is 1.39. The maximum atomic E-state index is 12.4. The Kier molecular flexibility index (Phi) is 9.77. The predicted molar refractivity (Wildman–Crippen MR) is 139 cm³/mol. The minimum atomic E-state index is -1.14. The molecule has 0 saturated carbocycles. The van der Waals surface area contributed by atoms with E-state index >= 15 is 0 Å². The van der Waals surface area contributed by atoms with Crippen LogP contribution >= 0.6 is 0 Å². The van der Waals surface area contributed by atoms with Crippen LogP contribution in [0, 0.1) is 0 Å². The number of benzene rings is 2. The largest absolute Gasteiger partial charge is 0.497 e. The molecule has 0 aromatic heterocycles. The van der Waals surface area contributed by atoms with Crippen molar-refractivity contribution >= 4 is 18.2 Å². The minimum absolute atomic E-state index is 0.150. The van der Waals surface area contributed by atoms with Gasteiger partial charge < -0.3 is 39.4 Å². The van der Waals surface area contributed by atoms with E-state index in [4.69, 9.17) is 23.7 Å². The average molecular weight is 529 g/mol. The first-order valence-electron chi connectivity index (χ1n) is 11.8. The molecule has 4 N–H and O–H groups in total. The summed E-state index contributed by atoms with van der Waals surface area (Å²) in [5, 5.41) is 19.7. The van der Waals surface area contributed by atoms with E-state index in [1.54, 1.807) is 57.5 Å². The maximum Gasteiger partial charge on any atom is 0.337 e. The van der Waals surface area contributed by atoms with Crippen molar-refractivity contribution < 1.29 is 38.4 Å². The number of carbonyl (C=O) groups is 2. The van der Waals surface area contributed by atoms with Crippen LogP contribution in [0.3, 0.4) is 0 Å². The first-order chi connectivity index (χ1) is 18.3. The molecule has 0 radical (unpaired) electrons. The van der Waals surface area contributed by atoms with Gasteiger partial charge in [0.15, 0.2) is 17.7 Å². The number of allylic oxidation sites excluding steroid dienone is 1. The van der Waals surface area contributed by atoms with Crippen LogP contribution in [0.4, 0.5) is 4.79 Å². The van der Waals surface area contributed by atoms with Gasteiger partial charge in [0.1, 0.15) is 18.1 Å². The lowest BCUT2D eigenvalue weighted by atomic mass is 9.95. The third kappa shape index (κ3) is 6.85. The Balaban J connectivity index is 1.71. The van der Waals surface area contributed by atoms with Gasteiger partial charge in [0.05, 0.1) is 45.8 Å². The van der Waals surface area contributed by atoms with Gasteiger partial charge >= 0.3 is 12.0 Å². The topological polar surface area (TPSA) is 149 Å². The SMILES string of the molecule is CCOc1cc([C@H]2NC(=O)NC(C)=C2C(=O)OC)ccc1OC[C@@H](O)N/N=C/c1cc(OC)ccc1OC. The van der Waals surface area contributed by atoms with Gasteiger partial charge in [0, 0.05) is 11.3 Å². The number of urea groups is 1. The lowest BCUT2D eigenvalue weighted by molar-refractivity contribution is -0.136. The molecule has 38 heavy (non-hydrogen) atoms. The first-order valence-corrected chi connectivity index (χ1v) is 11.8. The Bertz CT molecular complexity index is 1210. The Morgan fingerprint density at radius 1 is 1.11 bits per heavy atom. The molecule has 2 aromatic rings. The quantitative estimate of drug-likeness (QED) is 0.141. The van der Waals surface area contributed by atoms with Crippen LogP contribution in [-0.2, 0) is 9.53 Å². The smallest absolute Gasteiger partial charge is 0.337 e. The van der Waals surface area contributed by atoms with Crippen molar-refractivity contribution in [3.63, 3.8) is 0 Å². The molecule has 0 saturated heterocycles.